The highest BCUT2D eigenvalue weighted by Gasteiger charge is 2.07. The maximum atomic E-state index is 12.0. The van der Waals surface area contributed by atoms with Crippen LogP contribution in [0.3, 0.4) is 0 Å². The van der Waals surface area contributed by atoms with Gasteiger partial charge >= 0.3 is 0 Å². The van der Waals surface area contributed by atoms with Crippen molar-refractivity contribution >= 4 is 5.91 Å². The van der Waals surface area contributed by atoms with Crippen molar-refractivity contribution in [2.75, 3.05) is 59.8 Å². The molecule has 1 rings (SSSR count). The van der Waals surface area contributed by atoms with Gasteiger partial charge in [0.15, 0.2) is 0 Å². The zero-order chi connectivity index (χ0) is 19.7. The molecular weight excluding hydrogens is 350 g/mol. The van der Waals surface area contributed by atoms with Gasteiger partial charge in [-0.3, -0.25) is 4.79 Å². The van der Waals surface area contributed by atoms with E-state index in [1.165, 1.54) is 0 Å². The Labute approximate surface area is 161 Å². The number of ether oxygens (including phenoxy) is 4. The van der Waals surface area contributed by atoms with Crippen molar-refractivity contribution in [3.8, 4) is 0 Å². The van der Waals surface area contributed by atoms with Crippen molar-refractivity contribution in [2.45, 2.75) is 19.1 Å². The summed E-state index contributed by atoms with van der Waals surface area (Å²) in [5, 5.41) is 2.86. The van der Waals surface area contributed by atoms with E-state index in [-0.39, 0.29) is 5.91 Å². The number of carbonyl (C=O) groups is 1. The second-order valence-electron chi connectivity index (χ2n) is 5.87. The molecule has 27 heavy (non-hydrogen) atoms. The Bertz CT molecular complexity index is 499. The minimum absolute atomic E-state index is 0.120. The predicted molar refractivity (Wildman–Crippen MR) is 103 cm³/mol. The number of nitrogens with one attached hydrogen (secondary N) is 1. The summed E-state index contributed by atoms with van der Waals surface area (Å²) in [6.45, 7) is 4.62. The molecule has 1 aromatic rings. The quantitative estimate of drug-likeness (QED) is 0.285. The van der Waals surface area contributed by atoms with Gasteiger partial charge in [0, 0.05) is 32.4 Å². The molecule has 1 amide bonds. The van der Waals surface area contributed by atoms with Gasteiger partial charge in [-0.2, -0.15) is 0 Å². The number of hydrogen-bond donors (Lipinski definition) is 3. The molecule has 0 saturated heterocycles. The minimum Gasteiger partial charge on any atom is -0.379 e. The zero-order valence-corrected chi connectivity index (χ0v) is 16.2. The highest BCUT2D eigenvalue weighted by Crippen LogP contribution is 2.11. The van der Waals surface area contributed by atoms with Gasteiger partial charge in [-0.1, -0.05) is 12.1 Å². The predicted octanol–water partition coefficient (Wildman–Crippen LogP) is 0.809. The molecule has 1 unspecified atom stereocenters. The summed E-state index contributed by atoms with van der Waals surface area (Å²) in [6.07, 6.45) is 1.12. The average molecular weight is 383 g/mol. The van der Waals surface area contributed by atoms with Crippen LogP contribution >= 0.6 is 0 Å². The molecule has 0 aliphatic rings. The normalized spacial score (nSPS) is 12.1. The Morgan fingerprint density at radius 2 is 1.52 bits per heavy atom. The molecular formula is C19H33N3O5. The summed E-state index contributed by atoms with van der Waals surface area (Å²) >= 11 is 0. The molecule has 0 saturated carbocycles. The van der Waals surface area contributed by atoms with Gasteiger partial charge < -0.3 is 35.7 Å². The summed E-state index contributed by atoms with van der Waals surface area (Å²) in [6, 6.07) is 7.04. The third kappa shape index (κ3) is 11.0. The topological polar surface area (TPSA) is 118 Å². The Morgan fingerprint density at radius 3 is 2.07 bits per heavy atom. The lowest BCUT2D eigenvalue weighted by molar-refractivity contribution is 0.0141. The first kappa shape index (κ1) is 23.5. The second kappa shape index (κ2) is 15.5. The summed E-state index contributed by atoms with van der Waals surface area (Å²) in [4.78, 5) is 12.0. The van der Waals surface area contributed by atoms with Crippen molar-refractivity contribution in [3.05, 3.63) is 35.4 Å². The Balaban J connectivity index is 1.98. The van der Waals surface area contributed by atoms with E-state index in [9.17, 15) is 4.79 Å². The van der Waals surface area contributed by atoms with Crippen molar-refractivity contribution in [1.82, 2.24) is 5.32 Å². The molecule has 8 nitrogen and oxygen atoms in total. The van der Waals surface area contributed by atoms with Gasteiger partial charge in [0.1, 0.15) is 6.23 Å². The maximum absolute atomic E-state index is 12.0. The number of hydrogen-bond acceptors (Lipinski definition) is 7. The van der Waals surface area contributed by atoms with Gasteiger partial charge in [-0.25, -0.2) is 0 Å². The van der Waals surface area contributed by atoms with Crippen LogP contribution in [0.1, 0.15) is 35.0 Å². The van der Waals surface area contributed by atoms with E-state index < -0.39 is 6.23 Å². The number of amides is 1. The smallest absolute Gasteiger partial charge is 0.251 e. The van der Waals surface area contributed by atoms with Crippen LogP contribution in [-0.4, -0.2) is 65.7 Å². The molecule has 0 heterocycles. The maximum Gasteiger partial charge on any atom is 0.251 e. The summed E-state index contributed by atoms with van der Waals surface area (Å²) in [5.74, 6) is -0.120. The van der Waals surface area contributed by atoms with Crippen LogP contribution in [0.5, 0.6) is 0 Å². The first-order valence-electron chi connectivity index (χ1n) is 9.29. The molecule has 1 atom stereocenters. The zero-order valence-electron chi connectivity index (χ0n) is 16.2. The molecule has 0 bridgehead atoms. The number of benzene rings is 1. The minimum atomic E-state index is -0.480. The van der Waals surface area contributed by atoms with Crippen molar-refractivity contribution in [2.24, 2.45) is 11.5 Å². The van der Waals surface area contributed by atoms with E-state index in [2.05, 4.69) is 5.32 Å². The largest absolute Gasteiger partial charge is 0.379 e. The fourth-order valence-corrected chi connectivity index (χ4v) is 2.17. The highest BCUT2D eigenvalue weighted by molar-refractivity contribution is 5.94. The van der Waals surface area contributed by atoms with Gasteiger partial charge in [0.25, 0.3) is 5.91 Å². The summed E-state index contributed by atoms with van der Waals surface area (Å²) in [7, 11) is 1.54. The number of methoxy groups -OCH3 is 1. The van der Waals surface area contributed by atoms with Gasteiger partial charge in [0.2, 0.25) is 0 Å². The third-order valence-corrected chi connectivity index (χ3v) is 3.74. The lowest BCUT2D eigenvalue weighted by Crippen LogP contribution is -2.25. The van der Waals surface area contributed by atoms with Crippen LogP contribution in [0, 0.1) is 0 Å². The highest BCUT2D eigenvalue weighted by atomic mass is 16.5. The fraction of sp³-hybridized carbons (Fsp3) is 0.632. The standard InChI is InChI=1S/C19H33N3O5/c1-24-18(21)16-4-6-17(7-5-16)19(23)22-9-3-11-26-13-15-27-14-12-25-10-2-8-20/h4-7,18H,2-3,8-15,20-21H2,1H3,(H,22,23). The molecule has 0 spiro atoms. The van der Waals surface area contributed by atoms with Gasteiger partial charge in [0.05, 0.1) is 26.4 Å². The van der Waals surface area contributed by atoms with Crippen LogP contribution in [0.15, 0.2) is 24.3 Å². The van der Waals surface area contributed by atoms with E-state index in [1.54, 1.807) is 31.4 Å². The fourth-order valence-electron chi connectivity index (χ4n) is 2.17. The molecule has 0 radical (unpaired) electrons. The van der Waals surface area contributed by atoms with Crippen LogP contribution in [-0.2, 0) is 18.9 Å². The SMILES string of the molecule is COC(N)c1ccc(C(=O)NCCCOCCOCCOCCCN)cc1. The van der Waals surface area contributed by atoms with E-state index in [1.807, 2.05) is 0 Å². The third-order valence-electron chi connectivity index (χ3n) is 3.74. The molecule has 154 valence electrons. The monoisotopic (exact) mass is 383 g/mol. The van der Waals surface area contributed by atoms with E-state index in [0.717, 1.165) is 18.4 Å². The average Bonchev–Trinajstić information content (AvgIpc) is 2.70. The Kier molecular flexibility index (Phi) is 13.5. The molecule has 0 aliphatic carbocycles. The molecule has 5 N–H and O–H groups in total. The molecule has 8 heteroatoms. The summed E-state index contributed by atoms with van der Waals surface area (Å²) < 4.78 is 21.2. The number of nitrogens with two attached hydrogens (primary N) is 2. The lowest BCUT2D eigenvalue weighted by atomic mass is 10.1. The number of carbonyl (C=O) groups excluding carboxylic acids is 1. The van der Waals surface area contributed by atoms with Crippen LogP contribution in [0.25, 0.3) is 0 Å². The Morgan fingerprint density at radius 1 is 0.963 bits per heavy atom. The molecule has 0 aliphatic heterocycles. The van der Waals surface area contributed by atoms with Crippen LogP contribution in [0.4, 0.5) is 0 Å². The van der Waals surface area contributed by atoms with Gasteiger partial charge in [-0.05, 0) is 37.1 Å². The molecule has 1 aromatic carbocycles. The lowest BCUT2D eigenvalue weighted by Gasteiger charge is -2.10. The second-order valence-corrected chi connectivity index (χ2v) is 5.87. The van der Waals surface area contributed by atoms with E-state index in [4.69, 9.17) is 30.4 Å². The van der Waals surface area contributed by atoms with Gasteiger partial charge in [-0.15, -0.1) is 0 Å². The molecule has 0 fully saturated rings. The van der Waals surface area contributed by atoms with E-state index >= 15 is 0 Å². The first-order valence-corrected chi connectivity index (χ1v) is 9.29. The summed E-state index contributed by atoms with van der Waals surface area (Å²) in [5.41, 5.74) is 12.5. The molecule has 0 aromatic heterocycles. The number of rotatable bonds is 16. The van der Waals surface area contributed by atoms with Crippen molar-refractivity contribution in [1.29, 1.82) is 0 Å². The Hall–Kier alpha value is -1.55. The first-order chi connectivity index (χ1) is 13.2. The van der Waals surface area contributed by atoms with E-state index in [0.29, 0.717) is 58.3 Å². The van der Waals surface area contributed by atoms with Crippen molar-refractivity contribution in [3.63, 3.8) is 0 Å². The van der Waals surface area contributed by atoms with Crippen LogP contribution in [0.2, 0.25) is 0 Å². The van der Waals surface area contributed by atoms with Crippen LogP contribution < -0.4 is 16.8 Å². The van der Waals surface area contributed by atoms with Crippen molar-refractivity contribution < 1.29 is 23.7 Å².